The van der Waals surface area contributed by atoms with E-state index >= 15 is 0 Å². The van der Waals surface area contributed by atoms with Crippen LogP contribution in [0.4, 0.5) is 0 Å². The fourth-order valence-electron chi connectivity index (χ4n) is 2.61. The molecule has 0 saturated carbocycles. The van der Waals surface area contributed by atoms with Crippen molar-refractivity contribution in [2.45, 2.75) is 26.3 Å². The van der Waals surface area contributed by atoms with Crippen LogP contribution in [-0.2, 0) is 6.42 Å². The van der Waals surface area contributed by atoms with Crippen LogP contribution in [0.25, 0.3) is 10.9 Å². The summed E-state index contributed by atoms with van der Waals surface area (Å²) in [5, 5.41) is 5.93. The lowest BCUT2D eigenvalue weighted by atomic mass is 10.0. The predicted octanol–water partition coefficient (Wildman–Crippen LogP) is 3.89. The second kappa shape index (κ2) is 6.33. The number of aromatic nitrogens is 2. The fraction of sp³-hybridized carbons (Fsp3) is 0.294. The Balaban J connectivity index is 1.94. The molecule has 0 fully saturated rings. The number of para-hydroxylation sites is 1. The van der Waals surface area contributed by atoms with E-state index < -0.39 is 0 Å². The Bertz CT molecular complexity index is 730. The molecule has 1 atom stereocenters. The van der Waals surface area contributed by atoms with Gasteiger partial charge in [-0.2, -0.15) is 0 Å². The number of likely N-dealkylation sites (N-methyl/N-ethyl adjacent to an activating group) is 1. The van der Waals surface area contributed by atoms with Crippen molar-refractivity contribution in [2.24, 2.45) is 0 Å². The Hall–Kier alpha value is -1.78. The van der Waals surface area contributed by atoms with Crippen molar-refractivity contribution in [3.05, 3.63) is 58.2 Å². The Morgan fingerprint density at radius 1 is 1.19 bits per heavy atom. The van der Waals surface area contributed by atoms with Crippen molar-refractivity contribution in [1.82, 2.24) is 15.3 Å². The molecule has 3 nitrogen and oxygen atoms in total. The van der Waals surface area contributed by atoms with Gasteiger partial charge in [0.2, 0.25) is 0 Å². The average Bonchev–Trinajstić information content (AvgIpc) is 2.94. The molecule has 0 aliphatic heterocycles. The highest BCUT2D eigenvalue weighted by Gasteiger charge is 2.15. The van der Waals surface area contributed by atoms with Gasteiger partial charge in [-0.15, -0.1) is 11.3 Å². The van der Waals surface area contributed by atoms with Gasteiger partial charge in [0.15, 0.2) is 0 Å². The third kappa shape index (κ3) is 3.12. The molecular formula is C17H19N3S. The highest BCUT2D eigenvalue weighted by molar-refractivity contribution is 7.11. The van der Waals surface area contributed by atoms with E-state index in [4.69, 9.17) is 0 Å². The molecule has 0 aliphatic carbocycles. The molecule has 1 aromatic carbocycles. The molecule has 21 heavy (non-hydrogen) atoms. The number of hydrogen-bond donors (Lipinski definition) is 1. The van der Waals surface area contributed by atoms with Gasteiger partial charge >= 0.3 is 0 Å². The lowest BCUT2D eigenvalue weighted by Gasteiger charge is -2.17. The molecule has 0 bridgehead atoms. The van der Waals surface area contributed by atoms with Crippen LogP contribution in [0.5, 0.6) is 0 Å². The van der Waals surface area contributed by atoms with E-state index in [-0.39, 0.29) is 0 Å². The first kappa shape index (κ1) is 14.2. The van der Waals surface area contributed by atoms with Gasteiger partial charge < -0.3 is 5.32 Å². The largest absolute Gasteiger partial charge is 0.309 e. The topological polar surface area (TPSA) is 37.8 Å². The maximum Gasteiger partial charge on any atom is 0.0897 e. The van der Waals surface area contributed by atoms with Gasteiger partial charge in [0.05, 0.1) is 10.5 Å². The van der Waals surface area contributed by atoms with Crippen molar-refractivity contribution in [3.63, 3.8) is 0 Å². The monoisotopic (exact) mass is 297 g/mol. The zero-order valence-electron chi connectivity index (χ0n) is 12.3. The van der Waals surface area contributed by atoms with Crippen LogP contribution < -0.4 is 5.32 Å². The number of nitrogens with zero attached hydrogens (tertiary/aromatic N) is 2. The van der Waals surface area contributed by atoms with E-state index in [1.807, 2.05) is 18.5 Å². The Kier molecular flexibility index (Phi) is 4.27. The Morgan fingerprint density at radius 2 is 2.05 bits per heavy atom. The molecular weight excluding hydrogens is 278 g/mol. The minimum atomic E-state index is 0.312. The van der Waals surface area contributed by atoms with Gasteiger partial charge in [-0.05, 0) is 37.6 Å². The number of rotatable bonds is 5. The normalized spacial score (nSPS) is 12.7. The van der Waals surface area contributed by atoms with E-state index in [0.717, 1.165) is 23.5 Å². The first-order chi connectivity index (χ1) is 10.3. The van der Waals surface area contributed by atoms with Crippen molar-refractivity contribution in [1.29, 1.82) is 0 Å². The third-order valence-corrected chi connectivity index (χ3v) is 4.62. The first-order valence-electron chi connectivity index (χ1n) is 7.26. The lowest BCUT2D eigenvalue weighted by molar-refractivity contribution is 0.558. The van der Waals surface area contributed by atoms with Crippen molar-refractivity contribution >= 4 is 22.2 Å². The highest BCUT2D eigenvalue weighted by atomic mass is 32.1. The van der Waals surface area contributed by atoms with Crippen molar-refractivity contribution in [3.8, 4) is 0 Å². The molecule has 0 saturated heterocycles. The van der Waals surface area contributed by atoms with E-state index in [9.17, 15) is 0 Å². The van der Waals surface area contributed by atoms with Crippen LogP contribution in [0.15, 0.2) is 42.7 Å². The summed E-state index contributed by atoms with van der Waals surface area (Å²) in [5.41, 5.74) is 2.39. The van der Waals surface area contributed by atoms with Gasteiger partial charge in [0.25, 0.3) is 0 Å². The molecule has 0 amide bonds. The molecule has 2 heterocycles. The van der Waals surface area contributed by atoms with E-state index in [2.05, 4.69) is 53.4 Å². The minimum absolute atomic E-state index is 0.312. The number of pyridine rings is 1. The van der Waals surface area contributed by atoms with Gasteiger partial charge in [-0.3, -0.25) is 4.98 Å². The third-order valence-electron chi connectivity index (χ3n) is 3.60. The molecule has 4 heteroatoms. The summed E-state index contributed by atoms with van der Waals surface area (Å²) in [4.78, 5) is 10.1. The van der Waals surface area contributed by atoms with Crippen molar-refractivity contribution < 1.29 is 0 Å². The van der Waals surface area contributed by atoms with Crippen LogP contribution in [0.2, 0.25) is 0 Å². The number of fused-ring (bicyclic) bond motifs is 1. The molecule has 1 N–H and O–H groups in total. The smallest absolute Gasteiger partial charge is 0.0897 e. The number of thiazole rings is 1. The van der Waals surface area contributed by atoms with Crippen LogP contribution in [0.1, 0.15) is 28.4 Å². The molecule has 108 valence electrons. The van der Waals surface area contributed by atoms with Gasteiger partial charge in [-0.25, -0.2) is 4.98 Å². The van der Waals surface area contributed by atoms with Crippen LogP contribution >= 0.6 is 11.3 Å². The number of benzene rings is 1. The lowest BCUT2D eigenvalue weighted by Crippen LogP contribution is -2.22. The van der Waals surface area contributed by atoms with Gasteiger partial charge in [0.1, 0.15) is 0 Å². The summed E-state index contributed by atoms with van der Waals surface area (Å²) < 4.78 is 0. The molecule has 2 aromatic heterocycles. The van der Waals surface area contributed by atoms with Crippen LogP contribution in [0.3, 0.4) is 0 Å². The fourth-order valence-corrected chi connectivity index (χ4v) is 3.47. The standard InChI is InChI=1S/C17H19N3S/c1-3-18-16(17-11-20-12(2)21-17)10-13-8-9-19-15-7-5-4-6-14(13)15/h4-9,11,16,18H,3,10H2,1-2H3. The zero-order chi connectivity index (χ0) is 14.7. The maximum atomic E-state index is 4.44. The molecule has 1 unspecified atom stereocenters. The van der Waals surface area contributed by atoms with E-state index in [1.54, 1.807) is 11.3 Å². The zero-order valence-corrected chi connectivity index (χ0v) is 13.2. The van der Waals surface area contributed by atoms with E-state index in [0.29, 0.717) is 6.04 Å². The summed E-state index contributed by atoms with van der Waals surface area (Å²) in [5.74, 6) is 0. The van der Waals surface area contributed by atoms with Crippen molar-refractivity contribution in [2.75, 3.05) is 6.54 Å². The number of nitrogens with one attached hydrogen (secondary N) is 1. The summed E-state index contributed by atoms with van der Waals surface area (Å²) in [6.45, 7) is 5.15. The summed E-state index contributed by atoms with van der Waals surface area (Å²) in [7, 11) is 0. The molecule has 0 aliphatic rings. The first-order valence-corrected chi connectivity index (χ1v) is 8.08. The van der Waals surface area contributed by atoms with Crippen LogP contribution in [-0.4, -0.2) is 16.5 Å². The Morgan fingerprint density at radius 3 is 2.81 bits per heavy atom. The van der Waals surface area contributed by atoms with Gasteiger partial charge in [-0.1, -0.05) is 25.1 Å². The summed E-state index contributed by atoms with van der Waals surface area (Å²) >= 11 is 1.77. The average molecular weight is 297 g/mol. The highest BCUT2D eigenvalue weighted by Crippen LogP contribution is 2.26. The molecule has 0 radical (unpaired) electrons. The number of hydrogen-bond acceptors (Lipinski definition) is 4. The Labute approximate surface area is 129 Å². The second-order valence-corrected chi connectivity index (χ2v) is 6.35. The van der Waals surface area contributed by atoms with Gasteiger partial charge in [0, 0.05) is 28.7 Å². The van der Waals surface area contributed by atoms with Crippen LogP contribution in [0, 0.1) is 6.92 Å². The number of aryl methyl sites for hydroxylation is 1. The molecule has 0 spiro atoms. The maximum absolute atomic E-state index is 4.44. The summed E-state index contributed by atoms with van der Waals surface area (Å²) in [6.07, 6.45) is 4.85. The quantitative estimate of drug-likeness (QED) is 0.776. The summed E-state index contributed by atoms with van der Waals surface area (Å²) in [6, 6.07) is 10.8. The van der Waals surface area contributed by atoms with E-state index in [1.165, 1.54) is 15.8 Å². The minimum Gasteiger partial charge on any atom is -0.309 e. The molecule has 3 aromatic rings. The molecule has 3 rings (SSSR count). The second-order valence-electron chi connectivity index (χ2n) is 5.08. The predicted molar refractivity (Wildman–Crippen MR) is 88.7 cm³/mol. The SMILES string of the molecule is CCNC(Cc1ccnc2ccccc12)c1cnc(C)s1.